The summed E-state index contributed by atoms with van der Waals surface area (Å²) in [5.41, 5.74) is 2.06. The monoisotopic (exact) mass is 203 g/mol. The smallest absolute Gasteiger partial charge is 0.244 e. The number of benzene rings is 1. The summed E-state index contributed by atoms with van der Waals surface area (Å²) in [6.45, 7) is 5.84. The molecule has 0 aliphatic rings. The van der Waals surface area contributed by atoms with E-state index < -0.39 is 0 Å². The van der Waals surface area contributed by atoms with Crippen LogP contribution >= 0.6 is 0 Å². The number of nitrogens with one attached hydrogen (secondary N) is 1. The Bertz CT molecular complexity index is 352. The summed E-state index contributed by atoms with van der Waals surface area (Å²) < 4.78 is 0. The summed E-state index contributed by atoms with van der Waals surface area (Å²) in [5.74, 6) is -0.0358. The van der Waals surface area contributed by atoms with Crippen LogP contribution in [0.5, 0.6) is 0 Å². The average Bonchev–Trinajstić information content (AvgIpc) is 2.17. The Kier molecular flexibility index (Phi) is 4.10. The molecule has 0 aliphatic carbocycles. The van der Waals surface area contributed by atoms with E-state index in [1.54, 1.807) is 6.08 Å². The lowest BCUT2D eigenvalue weighted by molar-refractivity contribution is -0.116. The van der Waals surface area contributed by atoms with Crippen molar-refractivity contribution in [2.45, 2.75) is 26.8 Å². The van der Waals surface area contributed by atoms with E-state index in [0.717, 1.165) is 11.1 Å². The van der Waals surface area contributed by atoms with Crippen molar-refractivity contribution in [1.82, 2.24) is 5.32 Å². The number of amides is 1. The Morgan fingerprint density at radius 2 is 1.87 bits per heavy atom. The molecular formula is C13H17NO. The minimum Gasteiger partial charge on any atom is -0.350 e. The summed E-state index contributed by atoms with van der Waals surface area (Å²) in [6, 6.07) is 10.1. The van der Waals surface area contributed by atoms with Gasteiger partial charge in [0, 0.05) is 12.1 Å². The van der Waals surface area contributed by atoms with E-state index >= 15 is 0 Å². The number of hydrogen-bond acceptors (Lipinski definition) is 1. The molecule has 80 valence electrons. The van der Waals surface area contributed by atoms with Gasteiger partial charge in [-0.1, -0.05) is 30.3 Å². The van der Waals surface area contributed by atoms with E-state index in [1.807, 2.05) is 51.1 Å². The summed E-state index contributed by atoms with van der Waals surface area (Å²) >= 11 is 0. The minimum atomic E-state index is -0.0358. The highest BCUT2D eigenvalue weighted by Gasteiger charge is 2.01. The molecule has 2 nitrogen and oxygen atoms in total. The molecule has 0 fully saturated rings. The van der Waals surface area contributed by atoms with Crippen molar-refractivity contribution in [3.8, 4) is 0 Å². The Balaban J connectivity index is 2.72. The molecule has 0 spiro atoms. The zero-order valence-electron chi connectivity index (χ0n) is 9.45. The Morgan fingerprint density at radius 3 is 2.40 bits per heavy atom. The lowest BCUT2D eigenvalue weighted by atomic mass is 10.1. The largest absolute Gasteiger partial charge is 0.350 e. The van der Waals surface area contributed by atoms with Gasteiger partial charge in [0.15, 0.2) is 0 Å². The van der Waals surface area contributed by atoms with E-state index in [1.165, 1.54) is 0 Å². The van der Waals surface area contributed by atoms with Crippen molar-refractivity contribution in [1.29, 1.82) is 0 Å². The third-order valence-electron chi connectivity index (χ3n) is 2.01. The van der Waals surface area contributed by atoms with Gasteiger partial charge in [0.2, 0.25) is 5.91 Å². The van der Waals surface area contributed by atoms with Crippen molar-refractivity contribution >= 4 is 11.5 Å². The molecule has 0 unspecified atom stereocenters. The standard InChI is InChI=1S/C13H17NO/c1-10(2)14-13(15)9-11(3)12-7-5-4-6-8-12/h4-10H,1-3H3,(H,14,15)/b11-9+. The summed E-state index contributed by atoms with van der Waals surface area (Å²) in [6.07, 6.45) is 1.63. The molecule has 0 bridgehead atoms. The Labute approximate surface area is 91.0 Å². The maximum Gasteiger partial charge on any atom is 0.244 e. The molecule has 1 aromatic rings. The molecule has 0 radical (unpaired) electrons. The maximum absolute atomic E-state index is 11.4. The van der Waals surface area contributed by atoms with Crippen molar-refractivity contribution in [2.75, 3.05) is 0 Å². The maximum atomic E-state index is 11.4. The van der Waals surface area contributed by atoms with Gasteiger partial charge in [0.05, 0.1) is 0 Å². The Morgan fingerprint density at radius 1 is 1.27 bits per heavy atom. The van der Waals surface area contributed by atoms with Gasteiger partial charge in [-0.2, -0.15) is 0 Å². The molecule has 1 rings (SSSR count). The van der Waals surface area contributed by atoms with Crippen molar-refractivity contribution in [3.05, 3.63) is 42.0 Å². The molecule has 1 aromatic carbocycles. The van der Waals surface area contributed by atoms with Crippen LogP contribution in [0.1, 0.15) is 26.3 Å². The fraction of sp³-hybridized carbons (Fsp3) is 0.308. The molecule has 0 heterocycles. The normalized spacial score (nSPS) is 11.6. The molecule has 0 saturated heterocycles. The first kappa shape index (κ1) is 11.5. The molecule has 0 aliphatic heterocycles. The fourth-order valence-corrected chi connectivity index (χ4v) is 1.31. The molecular weight excluding hydrogens is 186 g/mol. The van der Waals surface area contributed by atoms with E-state index in [0.29, 0.717) is 0 Å². The van der Waals surface area contributed by atoms with Gasteiger partial charge in [0.1, 0.15) is 0 Å². The SMILES string of the molecule is C/C(=C\C(=O)NC(C)C)c1ccccc1. The van der Waals surface area contributed by atoms with E-state index in [2.05, 4.69) is 5.32 Å². The van der Waals surface area contributed by atoms with E-state index in [4.69, 9.17) is 0 Å². The van der Waals surface area contributed by atoms with Gasteiger partial charge in [-0.25, -0.2) is 0 Å². The van der Waals surface area contributed by atoms with Crippen LogP contribution in [0.25, 0.3) is 5.57 Å². The first-order valence-corrected chi connectivity index (χ1v) is 5.14. The lowest BCUT2D eigenvalue weighted by Gasteiger charge is -2.06. The second-order valence-electron chi connectivity index (χ2n) is 3.86. The van der Waals surface area contributed by atoms with Gasteiger partial charge in [-0.3, -0.25) is 4.79 Å². The zero-order chi connectivity index (χ0) is 11.3. The fourth-order valence-electron chi connectivity index (χ4n) is 1.31. The van der Waals surface area contributed by atoms with Crippen molar-refractivity contribution in [2.24, 2.45) is 0 Å². The van der Waals surface area contributed by atoms with Crippen molar-refractivity contribution < 1.29 is 4.79 Å². The predicted octanol–water partition coefficient (Wildman–Crippen LogP) is 2.61. The average molecular weight is 203 g/mol. The van der Waals surface area contributed by atoms with Crippen LogP contribution in [0.4, 0.5) is 0 Å². The first-order chi connectivity index (χ1) is 7.09. The number of hydrogen-bond donors (Lipinski definition) is 1. The molecule has 0 atom stereocenters. The van der Waals surface area contributed by atoms with E-state index in [-0.39, 0.29) is 11.9 Å². The second kappa shape index (κ2) is 5.35. The molecule has 15 heavy (non-hydrogen) atoms. The van der Waals surface area contributed by atoms with Gasteiger partial charge in [-0.05, 0) is 31.9 Å². The quantitative estimate of drug-likeness (QED) is 0.752. The third kappa shape index (κ3) is 3.98. The van der Waals surface area contributed by atoms with Crippen molar-refractivity contribution in [3.63, 3.8) is 0 Å². The highest BCUT2D eigenvalue weighted by Crippen LogP contribution is 2.11. The molecule has 2 heteroatoms. The predicted molar refractivity (Wildman–Crippen MR) is 63.4 cm³/mol. The van der Waals surface area contributed by atoms with Crippen LogP contribution < -0.4 is 5.32 Å². The first-order valence-electron chi connectivity index (χ1n) is 5.14. The molecule has 0 saturated carbocycles. The van der Waals surface area contributed by atoms with Crippen LogP contribution in [0, 0.1) is 0 Å². The topological polar surface area (TPSA) is 29.1 Å². The minimum absolute atomic E-state index is 0.0358. The van der Waals surface area contributed by atoms with Crippen LogP contribution in [0.2, 0.25) is 0 Å². The number of allylic oxidation sites excluding steroid dienone is 1. The summed E-state index contributed by atoms with van der Waals surface area (Å²) in [4.78, 5) is 11.4. The number of carbonyl (C=O) groups excluding carboxylic acids is 1. The van der Waals surface area contributed by atoms with E-state index in [9.17, 15) is 4.79 Å². The highest BCUT2D eigenvalue weighted by molar-refractivity contribution is 5.94. The molecule has 0 aromatic heterocycles. The van der Waals surface area contributed by atoms with Gasteiger partial charge < -0.3 is 5.32 Å². The second-order valence-corrected chi connectivity index (χ2v) is 3.86. The number of carbonyl (C=O) groups is 1. The summed E-state index contributed by atoms with van der Waals surface area (Å²) in [7, 11) is 0. The van der Waals surface area contributed by atoms with Crippen LogP contribution in [0.3, 0.4) is 0 Å². The van der Waals surface area contributed by atoms with Crippen LogP contribution in [-0.4, -0.2) is 11.9 Å². The van der Waals surface area contributed by atoms with Gasteiger partial charge in [0.25, 0.3) is 0 Å². The van der Waals surface area contributed by atoms with Gasteiger partial charge >= 0.3 is 0 Å². The van der Waals surface area contributed by atoms with Gasteiger partial charge in [-0.15, -0.1) is 0 Å². The third-order valence-corrected chi connectivity index (χ3v) is 2.01. The highest BCUT2D eigenvalue weighted by atomic mass is 16.1. The lowest BCUT2D eigenvalue weighted by Crippen LogP contribution is -2.28. The van der Waals surface area contributed by atoms with Crippen LogP contribution in [0.15, 0.2) is 36.4 Å². The molecule has 1 amide bonds. The number of rotatable bonds is 3. The van der Waals surface area contributed by atoms with Crippen LogP contribution in [-0.2, 0) is 4.79 Å². The Hall–Kier alpha value is -1.57. The molecule has 1 N–H and O–H groups in total. The summed E-state index contributed by atoms with van der Waals surface area (Å²) in [5, 5.41) is 2.83. The zero-order valence-corrected chi connectivity index (χ0v) is 9.45.